The van der Waals surface area contributed by atoms with E-state index in [1.165, 1.54) is 0 Å². The Morgan fingerprint density at radius 3 is 2.75 bits per heavy atom. The maximum atomic E-state index is 12.1. The molecule has 5 heteroatoms. The van der Waals surface area contributed by atoms with Crippen LogP contribution in [0.5, 0.6) is 0 Å². The average Bonchev–Trinajstić information content (AvgIpc) is 2.83. The molecule has 1 fully saturated rings. The number of ether oxygens (including phenoxy) is 1. The second kappa shape index (κ2) is 7.18. The van der Waals surface area contributed by atoms with E-state index in [9.17, 15) is 4.79 Å². The van der Waals surface area contributed by atoms with Crippen LogP contribution in [0.2, 0.25) is 0 Å². The topological polar surface area (TPSA) is 51.2 Å². The van der Waals surface area contributed by atoms with Crippen molar-refractivity contribution in [3.63, 3.8) is 0 Å². The van der Waals surface area contributed by atoms with E-state index in [0.717, 1.165) is 43.1 Å². The van der Waals surface area contributed by atoms with Gasteiger partial charge in [0.15, 0.2) is 0 Å². The quantitative estimate of drug-likeness (QED) is 0.849. The van der Waals surface area contributed by atoms with Gasteiger partial charge >= 0.3 is 5.97 Å². The van der Waals surface area contributed by atoms with Gasteiger partial charge in [0.2, 0.25) is 0 Å². The van der Waals surface area contributed by atoms with Crippen molar-refractivity contribution in [1.29, 1.82) is 0 Å². The minimum Gasteiger partial charge on any atom is -0.462 e. The molecule has 0 unspecified atom stereocenters. The number of piperidine rings is 1. The van der Waals surface area contributed by atoms with Gasteiger partial charge in [-0.15, -0.1) is 11.3 Å². The fourth-order valence-electron chi connectivity index (χ4n) is 2.49. The van der Waals surface area contributed by atoms with Crippen molar-refractivity contribution >= 4 is 17.3 Å². The van der Waals surface area contributed by atoms with Crippen LogP contribution < -0.4 is 5.32 Å². The normalized spacial score (nSPS) is 16.6. The van der Waals surface area contributed by atoms with Crippen molar-refractivity contribution in [3.05, 3.63) is 15.6 Å². The molecule has 4 nitrogen and oxygen atoms in total. The maximum Gasteiger partial charge on any atom is 0.350 e. The Balaban J connectivity index is 2.23. The first kappa shape index (κ1) is 15.4. The Bertz CT molecular complexity index is 451. The molecular formula is C15H24N2O2S. The molecule has 0 atom stereocenters. The van der Waals surface area contributed by atoms with Crippen LogP contribution in [0, 0.1) is 5.92 Å². The van der Waals surface area contributed by atoms with Crippen molar-refractivity contribution in [2.24, 2.45) is 5.92 Å². The fraction of sp³-hybridized carbons (Fsp3) is 0.733. The number of esters is 1. The summed E-state index contributed by atoms with van der Waals surface area (Å²) < 4.78 is 5.17. The molecule has 2 rings (SSSR count). The maximum absolute atomic E-state index is 12.1. The molecule has 1 aromatic heterocycles. The van der Waals surface area contributed by atoms with E-state index in [1.54, 1.807) is 11.3 Å². The van der Waals surface area contributed by atoms with E-state index in [4.69, 9.17) is 9.72 Å². The van der Waals surface area contributed by atoms with Gasteiger partial charge in [-0.1, -0.05) is 13.8 Å². The Kier molecular flexibility index (Phi) is 5.54. The lowest BCUT2D eigenvalue weighted by Crippen LogP contribution is -2.26. The number of aromatic nitrogens is 1. The zero-order valence-corrected chi connectivity index (χ0v) is 13.4. The van der Waals surface area contributed by atoms with Crippen molar-refractivity contribution in [3.8, 4) is 0 Å². The highest BCUT2D eigenvalue weighted by Crippen LogP contribution is 2.32. The molecule has 1 aliphatic rings. The lowest BCUT2D eigenvalue weighted by Gasteiger charge is -2.20. The van der Waals surface area contributed by atoms with E-state index >= 15 is 0 Å². The second-order valence-electron chi connectivity index (χ2n) is 5.67. The molecule has 0 bridgehead atoms. The summed E-state index contributed by atoms with van der Waals surface area (Å²) in [5.74, 6) is 0.780. The van der Waals surface area contributed by atoms with Crippen LogP contribution in [0.25, 0.3) is 0 Å². The van der Waals surface area contributed by atoms with Gasteiger partial charge in [0.1, 0.15) is 4.88 Å². The first-order valence-electron chi connectivity index (χ1n) is 7.49. The minimum absolute atomic E-state index is 0.208. The van der Waals surface area contributed by atoms with Gasteiger partial charge in [0, 0.05) is 5.92 Å². The first-order valence-corrected chi connectivity index (χ1v) is 8.30. The third-order valence-corrected chi connectivity index (χ3v) is 4.70. The summed E-state index contributed by atoms with van der Waals surface area (Å²) in [6, 6.07) is 0. The standard InChI is InChI=1S/C15H24N2O2S/c1-4-19-15(18)13-12(9-10(2)3)17-14(20-13)11-5-7-16-8-6-11/h10-11,16H,4-9H2,1-3H3. The van der Waals surface area contributed by atoms with Crippen LogP contribution in [-0.2, 0) is 11.2 Å². The molecule has 0 radical (unpaired) electrons. The summed E-state index contributed by atoms with van der Waals surface area (Å²) in [7, 11) is 0. The molecule has 2 heterocycles. The molecular weight excluding hydrogens is 272 g/mol. The van der Waals surface area contributed by atoms with Crippen molar-refractivity contribution < 1.29 is 9.53 Å². The Morgan fingerprint density at radius 2 is 2.15 bits per heavy atom. The molecule has 20 heavy (non-hydrogen) atoms. The molecule has 112 valence electrons. The zero-order valence-electron chi connectivity index (χ0n) is 12.6. The van der Waals surface area contributed by atoms with Gasteiger partial charge in [-0.3, -0.25) is 0 Å². The number of hydrogen-bond donors (Lipinski definition) is 1. The first-order chi connectivity index (χ1) is 9.61. The lowest BCUT2D eigenvalue weighted by molar-refractivity contribution is 0.0530. The van der Waals surface area contributed by atoms with Gasteiger partial charge in [-0.25, -0.2) is 9.78 Å². The van der Waals surface area contributed by atoms with E-state index in [1.807, 2.05) is 6.92 Å². The second-order valence-corrected chi connectivity index (χ2v) is 6.70. The Hall–Kier alpha value is -0.940. The monoisotopic (exact) mass is 296 g/mol. The number of nitrogens with zero attached hydrogens (tertiary/aromatic N) is 1. The SMILES string of the molecule is CCOC(=O)c1sc(C2CCNCC2)nc1CC(C)C. The van der Waals surface area contributed by atoms with Gasteiger partial charge in [0.25, 0.3) is 0 Å². The van der Waals surface area contributed by atoms with Crippen molar-refractivity contribution in [1.82, 2.24) is 10.3 Å². The number of carbonyl (C=O) groups is 1. The summed E-state index contributed by atoms with van der Waals surface area (Å²) >= 11 is 1.54. The van der Waals surface area contributed by atoms with Gasteiger partial charge in [-0.05, 0) is 45.2 Å². The van der Waals surface area contributed by atoms with Crippen LogP contribution in [-0.4, -0.2) is 30.6 Å². The molecule has 1 aromatic rings. The number of hydrogen-bond acceptors (Lipinski definition) is 5. The minimum atomic E-state index is -0.208. The molecule has 1 saturated heterocycles. The lowest BCUT2D eigenvalue weighted by atomic mass is 9.99. The zero-order chi connectivity index (χ0) is 14.5. The highest BCUT2D eigenvalue weighted by Gasteiger charge is 2.25. The van der Waals surface area contributed by atoms with Crippen molar-refractivity contribution in [2.45, 2.75) is 46.0 Å². The predicted molar refractivity (Wildman–Crippen MR) is 81.5 cm³/mol. The molecule has 0 saturated carbocycles. The summed E-state index contributed by atoms with van der Waals surface area (Å²) in [6.45, 7) is 8.64. The van der Waals surface area contributed by atoms with Crippen LogP contribution >= 0.6 is 11.3 Å². The molecule has 1 N–H and O–H groups in total. The molecule has 0 aromatic carbocycles. The molecule has 0 spiro atoms. The molecule has 1 aliphatic heterocycles. The smallest absolute Gasteiger partial charge is 0.350 e. The van der Waals surface area contributed by atoms with E-state index in [2.05, 4.69) is 19.2 Å². The van der Waals surface area contributed by atoms with Crippen LogP contribution in [0.1, 0.15) is 59.9 Å². The summed E-state index contributed by atoms with van der Waals surface area (Å²) in [4.78, 5) is 17.6. The van der Waals surface area contributed by atoms with E-state index in [0.29, 0.717) is 23.3 Å². The van der Waals surface area contributed by atoms with Gasteiger partial charge in [0.05, 0.1) is 17.3 Å². The van der Waals surface area contributed by atoms with E-state index < -0.39 is 0 Å². The number of thiazole rings is 1. The fourth-order valence-corrected chi connectivity index (χ4v) is 3.65. The Labute approximate surface area is 124 Å². The number of rotatable bonds is 5. The van der Waals surface area contributed by atoms with Crippen LogP contribution in [0.15, 0.2) is 0 Å². The third-order valence-electron chi connectivity index (χ3n) is 3.46. The summed E-state index contributed by atoms with van der Waals surface area (Å²) in [6.07, 6.45) is 3.06. The number of carbonyl (C=O) groups excluding carboxylic acids is 1. The highest BCUT2D eigenvalue weighted by atomic mass is 32.1. The van der Waals surface area contributed by atoms with E-state index in [-0.39, 0.29) is 5.97 Å². The van der Waals surface area contributed by atoms with Crippen molar-refractivity contribution in [2.75, 3.05) is 19.7 Å². The van der Waals surface area contributed by atoms with Gasteiger partial charge in [-0.2, -0.15) is 0 Å². The number of nitrogens with one attached hydrogen (secondary N) is 1. The predicted octanol–water partition coefficient (Wildman–Crippen LogP) is 2.99. The molecule has 0 aliphatic carbocycles. The third kappa shape index (κ3) is 3.79. The van der Waals surface area contributed by atoms with Crippen LogP contribution in [0.3, 0.4) is 0 Å². The van der Waals surface area contributed by atoms with Gasteiger partial charge < -0.3 is 10.1 Å². The molecule has 0 amide bonds. The highest BCUT2D eigenvalue weighted by molar-refractivity contribution is 7.13. The van der Waals surface area contributed by atoms with Crippen LogP contribution in [0.4, 0.5) is 0 Å². The summed E-state index contributed by atoms with van der Waals surface area (Å²) in [5, 5.41) is 4.48. The summed E-state index contributed by atoms with van der Waals surface area (Å²) in [5.41, 5.74) is 0.928. The largest absolute Gasteiger partial charge is 0.462 e. The average molecular weight is 296 g/mol. The Morgan fingerprint density at radius 1 is 1.45 bits per heavy atom.